The second-order valence-corrected chi connectivity index (χ2v) is 21.3. The Labute approximate surface area is 297 Å². The number of hydrogen-bond acceptors (Lipinski definition) is 7. The minimum atomic E-state index is -1.22. The van der Waals surface area contributed by atoms with E-state index in [0.29, 0.717) is 54.2 Å². The van der Waals surface area contributed by atoms with Crippen LogP contribution in [0.3, 0.4) is 0 Å². The Morgan fingerprint density at radius 1 is 1.02 bits per heavy atom. The number of nitrogens with two attached hydrogens (primary N) is 1. The largest absolute Gasteiger partial charge is 0.364 e. The third kappa shape index (κ3) is 8.88. The van der Waals surface area contributed by atoms with Crippen LogP contribution in [0.25, 0.3) is 11.1 Å². The highest BCUT2D eigenvalue weighted by Gasteiger charge is 2.44. The van der Waals surface area contributed by atoms with Gasteiger partial charge in [-0.3, -0.25) is 9.59 Å². The Morgan fingerprint density at radius 2 is 1.66 bits per heavy atom. The zero-order valence-corrected chi connectivity index (χ0v) is 31.9. The molecule has 2 fully saturated rings. The molecule has 0 aromatic carbocycles. The molecule has 11 nitrogen and oxygen atoms in total. The van der Waals surface area contributed by atoms with Gasteiger partial charge in [0.25, 0.3) is 5.91 Å². The molecule has 0 saturated heterocycles. The molecule has 50 heavy (non-hydrogen) atoms. The highest BCUT2D eigenvalue weighted by molar-refractivity contribution is 6.76. The van der Waals surface area contributed by atoms with Crippen LogP contribution >= 0.6 is 0 Å². The van der Waals surface area contributed by atoms with Gasteiger partial charge in [0, 0.05) is 38.0 Å². The van der Waals surface area contributed by atoms with E-state index >= 15 is 4.39 Å². The molecule has 2 saturated carbocycles. The summed E-state index contributed by atoms with van der Waals surface area (Å²) in [7, 11) is -1.22. The molecule has 0 spiro atoms. The molecular formula is C37H57FN8O3Si. The third-order valence-electron chi connectivity index (χ3n) is 10.7. The van der Waals surface area contributed by atoms with E-state index in [2.05, 4.69) is 45.4 Å². The number of hydrogen-bond donors (Lipinski definition) is 2. The molecule has 2 aliphatic carbocycles. The van der Waals surface area contributed by atoms with E-state index in [-0.39, 0.29) is 23.3 Å². The minimum Gasteiger partial charge on any atom is -0.364 e. The zero-order valence-electron chi connectivity index (χ0n) is 30.9. The number of carbonyl (C=O) groups is 2. The fourth-order valence-corrected chi connectivity index (χ4v) is 9.00. The molecule has 3 aromatic rings. The fraction of sp³-hybridized carbons (Fsp3) is 0.676. The molecule has 13 heteroatoms. The number of aryl methyl sites for hydroxylation is 2. The number of pyridine rings is 1. The number of primary amides is 1. The average Bonchev–Trinajstić information content (AvgIpc) is 3.61. The van der Waals surface area contributed by atoms with Crippen molar-refractivity contribution in [2.45, 2.75) is 136 Å². The lowest BCUT2D eigenvalue weighted by atomic mass is 9.63. The van der Waals surface area contributed by atoms with E-state index < -0.39 is 25.8 Å². The SMILES string of the molecule is CCCn1nnc([C@@H](C(=O)Nc2ccc(-c3c(C)nn(COCC[Si](C)(C)C)c3C)c(F)n2)C(C2CCCCC2)C2CCCCC2)c1C(N)=O. The van der Waals surface area contributed by atoms with Gasteiger partial charge in [0.1, 0.15) is 23.9 Å². The molecule has 274 valence electrons. The molecule has 2 aliphatic rings. The van der Waals surface area contributed by atoms with E-state index in [0.717, 1.165) is 69.5 Å². The van der Waals surface area contributed by atoms with Crippen molar-refractivity contribution < 1.29 is 18.7 Å². The number of nitrogens with zero attached hydrogens (tertiary/aromatic N) is 6. The number of aromatic nitrogens is 6. The maximum Gasteiger partial charge on any atom is 0.268 e. The van der Waals surface area contributed by atoms with Gasteiger partial charge in [-0.05, 0) is 56.2 Å². The summed E-state index contributed by atoms with van der Waals surface area (Å²) in [6.45, 7) is 14.1. The number of amides is 2. The Balaban J connectivity index is 1.46. The first-order valence-electron chi connectivity index (χ1n) is 18.7. The maximum absolute atomic E-state index is 15.9. The van der Waals surface area contributed by atoms with Crippen molar-refractivity contribution in [3.8, 4) is 11.1 Å². The van der Waals surface area contributed by atoms with Gasteiger partial charge in [-0.15, -0.1) is 5.10 Å². The Morgan fingerprint density at radius 3 is 2.22 bits per heavy atom. The van der Waals surface area contributed by atoms with Gasteiger partial charge in [0.15, 0.2) is 0 Å². The minimum absolute atomic E-state index is 0.0475. The highest BCUT2D eigenvalue weighted by atomic mass is 28.3. The standard InChI is InChI=1S/C37H57FN8O3Si/c1-7-20-45-34(36(39)47)33(42-44-45)32(31(26-14-10-8-11-15-26)27-16-12-9-13-17-27)37(48)41-29-19-18-28(35(38)40-29)30-24(2)43-46(25(30)3)23-49-21-22-50(4,5)6/h18-19,26-27,31-32H,7-17,20-23H2,1-6H3,(H2,39,47)(H,40,41,48)/t32-/m0/s1. The normalized spacial score (nSPS) is 17.0. The molecule has 0 radical (unpaired) electrons. The molecule has 3 aromatic heterocycles. The topological polar surface area (TPSA) is 143 Å². The van der Waals surface area contributed by atoms with Crippen molar-refractivity contribution in [3.05, 3.63) is 40.9 Å². The van der Waals surface area contributed by atoms with Crippen molar-refractivity contribution in [3.63, 3.8) is 0 Å². The van der Waals surface area contributed by atoms with Gasteiger partial charge in [-0.2, -0.15) is 9.49 Å². The zero-order chi connectivity index (χ0) is 36.0. The smallest absolute Gasteiger partial charge is 0.268 e. The van der Waals surface area contributed by atoms with Gasteiger partial charge in [0.2, 0.25) is 11.9 Å². The molecular weight excluding hydrogens is 652 g/mol. The number of ether oxygens (including phenoxy) is 1. The second-order valence-electron chi connectivity index (χ2n) is 15.7. The van der Waals surface area contributed by atoms with Crippen LogP contribution in [0.2, 0.25) is 25.7 Å². The lowest BCUT2D eigenvalue weighted by molar-refractivity contribution is -0.120. The first-order chi connectivity index (χ1) is 23.9. The molecule has 0 unspecified atom stereocenters. The number of anilines is 1. The second kappa shape index (κ2) is 16.7. The summed E-state index contributed by atoms with van der Waals surface area (Å²) in [5.41, 5.74) is 8.90. The van der Waals surface area contributed by atoms with E-state index in [1.54, 1.807) is 16.8 Å². The predicted octanol–water partition coefficient (Wildman–Crippen LogP) is 7.61. The van der Waals surface area contributed by atoms with Crippen molar-refractivity contribution in [2.75, 3.05) is 11.9 Å². The highest BCUT2D eigenvalue weighted by Crippen LogP contribution is 2.47. The van der Waals surface area contributed by atoms with E-state index in [4.69, 9.17) is 10.5 Å². The lowest BCUT2D eigenvalue weighted by Gasteiger charge is -2.41. The summed E-state index contributed by atoms with van der Waals surface area (Å²) in [6, 6.07) is 4.33. The summed E-state index contributed by atoms with van der Waals surface area (Å²) in [4.78, 5) is 31.8. The molecule has 2 amide bonds. The molecule has 0 bridgehead atoms. The van der Waals surface area contributed by atoms with Gasteiger partial charge >= 0.3 is 0 Å². The van der Waals surface area contributed by atoms with E-state index in [9.17, 15) is 9.59 Å². The van der Waals surface area contributed by atoms with Crippen molar-refractivity contribution in [2.24, 2.45) is 23.5 Å². The van der Waals surface area contributed by atoms with Crippen molar-refractivity contribution >= 4 is 25.7 Å². The summed E-state index contributed by atoms with van der Waals surface area (Å²) in [6.07, 6.45) is 11.6. The Bertz CT molecular complexity index is 1600. The van der Waals surface area contributed by atoms with E-state index in [1.807, 2.05) is 20.8 Å². The van der Waals surface area contributed by atoms with Crippen LogP contribution in [0, 0.1) is 37.5 Å². The van der Waals surface area contributed by atoms with Crippen molar-refractivity contribution in [1.82, 2.24) is 29.8 Å². The summed E-state index contributed by atoms with van der Waals surface area (Å²) in [5.74, 6) is -1.83. The van der Waals surface area contributed by atoms with Crippen LogP contribution in [0.4, 0.5) is 10.2 Å². The number of halogens is 1. The first kappa shape index (κ1) is 37.8. The van der Waals surface area contributed by atoms with Gasteiger partial charge < -0.3 is 15.8 Å². The van der Waals surface area contributed by atoms with Gasteiger partial charge in [-0.25, -0.2) is 14.3 Å². The van der Waals surface area contributed by atoms with Crippen molar-refractivity contribution in [1.29, 1.82) is 0 Å². The molecule has 0 aliphatic heterocycles. The average molecular weight is 709 g/mol. The van der Waals surface area contributed by atoms with Gasteiger partial charge in [-0.1, -0.05) is 96.0 Å². The fourth-order valence-electron chi connectivity index (χ4n) is 8.24. The third-order valence-corrected chi connectivity index (χ3v) is 12.4. The summed E-state index contributed by atoms with van der Waals surface area (Å²) in [5, 5.41) is 16.4. The van der Waals surface area contributed by atoms with Crippen LogP contribution in [-0.4, -0.2) is 56.3 Å². The van der Waals surface area contributed by atoms with Crippen LogP contribution in [0.1, 0.15) is 111 Å². The van der Waals surface area contributed by atoms with Crippen LogP contribution in [-0.2, 0) is 22.8 Å². The quantitative estimate of drug-likeness (QED) is 0.0940. The monoisotopic (exact) mass is 708 g/mol. The summed E-state index contributed by atoms with van der Waals surface area (Å²) < 4.78 is 25.1. The molecule has 3 heterocycles. The number of carbonyl (C=O) groups excluding carboxylic acids is 2. The van der Waals surface area contributed by atoms with Crippen LogP contribution in [0.15, 0.2) is 12.1 Å². The molecule has 5 rings (SSSR count). The number of rotatable bonds is 15. The van der Waals surface area contributed by atoms with Gasteiger partial charge in [0.05, 0.1) is 11.6 Å². The molecule has 3 N–H and O–H groups in total. The Hall–Kier alpha value is -3.45. The van der Waals surface area contributed by atoms with E-state index in [1.165, 1.54) is 17.5 Å². The predicted molar refractivity (Wildman–Crippen MR) is 196 cm³/mol. The maximum atomic E-state index is 15.9. The lowest BCUT2D eigenvalue weighted by Crippen LogP contribution is -2.39. The first-order valence-corrected chi connectivity index (χ1v) is 22.4. The number of nitrogens with one attached hydrogen (secondary N) is 1. The Kier molecular flexibility index (Phi) is 12.6. The molecule has 1 atom stereocenters. The van der Waals surface area contributed by atoms with Crippen LogP contribution in [0.5, 0.6) is 0 Å². The summed E-state index contributed by atoms with van der Waals surface area (Å²) >= 11 is 0. The van der Waals surface area contributed by atoms with Crippen LogP contribution < -0.4 is 11.1 Å².